The van der Waals surface area contributed by atoms with Crippen LogP contribution in [0.15, 0.2) is 255 Å². The van der Waals surface area contributed by atoms with Gasteiger partial charge >= 0.3 is 0 Å². The van der Waals surface area contributed by atoms with E-state index in [-0.39, 0.29) is 5.92 Å². The van der Waals surface area contributed by atoms with Crippen LogP contribution >= 0.6 is 0 Å². The van der Waals surface area contributed by atoms with Crippen LogP contribution in [0, 0.1) is 0 Å². The molecule has 1 unspecified atom stereocenters. The maximum absolute atomic E-state index is 2.44. The van der Waals surface area contributed by atoms with Gasteiger partial charge in [0.2, 0.25) is 0 Å². The summed E-state index contributed by atoms with van der Waals surface area (Å²) >= 11 is 0. The van der Waals surface area contributed by atoms with Crippen molar-refractivity contribution in [3.8, 4) is 33.4 Å². The molecule has 0 spiro atoms. The Morgan fingerprint density at radius 3 is 1.62 bits per heavy atom. The van der Waals surface area contributed by atoms with Gasteiger partial charge in [0, 0.05) is 23.0 Å². The monoisotopic (exact) mass is 825 g/mol. The molecule has 65 heavy (non-hydrogen) atoms. The summed E-state index contributed by atoms with van der Waals surface area (Å²) in [5, 5.41) is 5.26. The van der Waals surface area contributed by atoms with Crippen LogP contribution in [0.25, 0.3) is 54.9 Å². The van der Waals surface area contributed by atoms with E-state index in [1.54, 1.807) is 0 Å². The lowest BCUT2D eigenvalue weighted by molar-refractivity contribution is 0.768. The normalized spacial score (nSPS) is 14.1. The maximum Gasteiger partial charge on any atom is 0.0714 e. The molecular formula is C64H43N. The van der Waals surface area contributed by atoms with E-state index in [0.717, 1.165) is 17.1 Å². The number of benzene rings is 11. The number of para-hydroxylation sites is 1. The van der Waals surface area contributed by atoms with E-state index < -0.39 is 5.41 Å². The number of hydrogen-bond acceptors (Lipinski definition) is 1. The Kier molecular flexibility index (Phi) is 8.57. The highest BCUT2D eigenvalue weighted by molar-refractivity contribution is 6.07. The smallest absolute Gasteiger partial charge is 0.0714 e. The maximum atomic E-state index is 2.44. The molecule has 0 aromatic heterocycles. The third kappa shape index (κ3) is 5.72. The van der Waals surface area contributed by atoms with E-state index in [1.165, 1.54) is 93.9 Å². The van der Waals surface area contributed by atoms with Crippen molar-refractivity contribution in [1.29, 1.82) is 0 Å². The first-order valence-corrected chi connectivity index (χ1v) is 22.7. The molecule has 0 amide bonds. The van der Waals surface area contributed by atoms with Crippen LogP contribution in [-0.4, -0.2) is 0 Å². The molecule has 0 fully saturated rings. The van der Waals surface area contributed by atoms with Gasteiger partial charge in [0.15, 0.2) is 0 Å². The summed E-state index contributed by atoms with van der Waals surface area (Å²) in [6.07, 6.45) is 0. The van der Waals surface area contributed by atoms with Gasteiger partial charge in [-0.1, -0.05) is 218 Å². The van der Waals surface area contributed by atoms with E-state index >= 15 is 0 Å². The molecule has 11 aromatic carbocycles. The number of hydrogen-bond donors (Lipinski definition) is 0. The SMILES string of the molecule is c1ccc(N(c2ccc(-c3ccc(C4c5c(ccc6ccccc56)-c5cccc6cccc4c56)cc3)cc2)c2ccc3c(c2)C(c2ccccc2)(c2ccccc2)c2ccccc2-3)cc1. The second-order valence-corrected chi connectivity index (χ2v) is 17.5. The van der Waals surface area contributed by atoms with Crippen molar-refractivity contribution in [2.75, 3.05) is 4.90 Å². The number of anilines is 3. The minimum absolute atomic E-state index is 0.119. The molecule has 0 heterocycles. The van der Waals surface area contributed by atoms with Crippen molar-refractivity contribution in [2.24, 2.45) is 0 Å². The van der Waals surface area contributed by atoms with Crippen LogP contribution in [0.1, 0.15) is 44.9 Å². The summed E-state index contributed by atoms with van der Waals surface area (Å²) in [4.78, 5) is 2.40. The lowest BCUT2D eigenvalue weighted by Crippen LogP contribution is -2.28. The van der Waals surface area contributed by atoms with E-state index in [9.17, 15) is 0 Å². The predicted octanol–water partition coefficient (Wildman–Crippen LogP) is 16.7. The summed E-state index contributed by atoms with van der Waals surface area (Å²) < 4.78 is 0. The molecule has 2 aliphatic carbocycles. The van der Waals surface area contributed by atoms with Crippen LogP contribution < -0.4 is 4.90 Å². The van der Waals surface area contributed by atoms with Gasteiger partial charge < -0.3 is 4.90 Å². The van der Waals surface area contributed by atoms with Crippen molar-refractivity contribution in [3.05, 3.63) is 294 Å². The Morgan fingerprint density at radius 2 is 0.877 bits per heavy atom. The molecule has 0 radical (unpaired) electrons. The van der Waals surface area contributed by atoms with E-state index in [4.69, 9.17) is 0 Å². The lowest BCUT2D eigenvalue weighted by Gasteiger charge is -2.35. The Balaban J connectivity index is 0.906. The highest BCUT2D eigenvalue weighted by atomic mass is 15.1. The fourth-order valence-corrected chi connectivity index (χ4v) is 11.4. The van der Waals surface area contributed by atoms with Crippen molar-refractivity contribution >= 4 is 38.6 Å². The third-order valence-electron chi connectivity index (χ3n) is 14.2. The van der Waals surface area contributed by atoms with Gasteiger partial charge in [-0.25, -0.2) is 0 Å². The van der Waals surface area contributed by atoms with Crippen LogP contribution in [-0.2, 0) is 5.41 Å². The molecule has 11 aromatic rings. The summed E-state index contributed by atoms with van der Waals surface area (Å²) in [6, 6.07) is 94.5. The van der Waals surface area contributed by atoms with Crippen molar-refractivity contribution in [3.63, 3.8) is 0 Å². The molecule has 1 atom stereocenters. The van der Waals surface area contributed by atoms with E-state index in [0.29, 0.717) is 0 Å². The fourth-order valence-electron chi connectivity index (χ4n) is 11.4. The highest BCUT2D eigenvalue weighted by Crippen LogP contribution is 2.57. The standard InChI is InChI=1S/C64H43N/c1-4-19-48(20-5-1)64(49-21-6-2-7-22-49)59-29-13-12-26-54(59)55-41-39-52(42-60(55)64)65(50-23-8-3-9-24-50)51-37-34-44(35-38-51)43-30-32-47(33-31-43)62-58-28-15-18-46-17-14-27-56(61(46)58)57-40-36-45-16-10-11-25-53(45)63(57)62/h1-42,62H. The number of nitrogens with zero attached hydrogens (tertiary/aromatic N) is 1. The number of fused-ring (bicyclic) bond motifs is 7. The molecule has 13 rings (SSSR count). The number of rotatable bonds is 7. The Bertz CT molecular complexity index is 3530. The van der Waals surface area contributed by atoms with Crippen molar-refractivity contribution in [1.82, 2.24) is 0 Å². The van der Waals surface area contributed by atoms with E-state index in [1.807, 2.05) is 0 Å². The zero-order chi connectivity index (χ0) is 42.9. The Hall–Kier alpha value is -8.26. The third-order valence-corrected chi connectivity index (χ3v) is 14.2. The second kappa shape index (κ2) is 14.9. The van der Waals surface area contributed by atoms with Crippen molar-refractivity contribution in [2.45, 2.75) is 11.3 Å². The molecule has 1 nitrogen and oxygen atoms in total. The minimum Gasteiger partial charge on any atom is -0.310 e. The molecule has 0 saturated carbocycles. The molecule has 1 heteroatoms. The average Bonchev–Trinajstić information content (AvgIpc) is 3.68. The first-order valence-electron chi connectivity index (χ1n) is 22.7. The van der Waals surface area contributed by atoms with Crippen LogP contribution in [0.2, 0.25) is 0 Å². The fraction of sp³-hybridized carbons (Fsp3) is 0.0312. The predicted molar refractivity (Wildman–Crippen MR) is 272 cm³/mol. The first kappa shape index (κ1) is 37.3. The van der Waals surface area contributed by atoms with Gasteiger partial charge in [-0.05, 0) is 130 Å². The molecule has 0 saturated heterocycles. The van der Waals surface area contributed by atoms with Gasteiger partial charge in [-0.2, -0.15) is 0 Å². The zero-order valence-corrected chi connectivity index (χ0v) is 35.8. The summed E-state index contributed by atoms with van der Waals surface area (Å²) in [7, 11) is 0. The van der Waals surface area contributed by atoms with Crippen molar-refractivity contribution < 1.29 is 0 Å². The quantitative estimate of drug-likeness (QED) is 0.155. The van der Waals surface area contributed by atoms with E-state index in [2.05, 4.69) is 260 Å². The highest BCUT2D eigenvalue weighted by Gasteiger charge is 2.46. The molecule has 0 bridgehead atoms. The van der Waals surface area contributed by atoms with Gasteiger partial charge in [0.25, 0.3) is 0 Å². The first-order chi connectivity index (χ1) is 32.3. The Morgan fingerprint density at radius 1 is 0.338 bits per heavy atom. The minimum atomic E-state index is -0.481. The Labute approximate surface area is 380 Å². The van der Waals surface area contributed by atoms with Crippen LogP contribution in [0.5, 0.6) is 0 Å². The van der Waals surface area contributed by atoms with Crippen LogP contribution in [0.4, 0.5) is 17.1 Å². The van der Waals surface area contributed by atoms with Gasteiger partial charge in [-0.15, -0.1) is 0 Å². The average molecular weight is 826 g/mol. The molecule has 2 aliphatic rings. The topological polar surface area (TPSA) is 3.24 Å². The van der Waals surface area contributed by atoms with Crippen LogP contribution in [0.3, 0.4) is 0 Å². The van der Waals surface area contributed by atoms with Gasteiger partial charge in [0.05, 0.1) is 5.41 Å². The second-order valence-electron chi connectivity index (χ2n) is 17.5. The molecule has 0 aliphatic heterocycles. The largest absolute Gasteiger partial charge is 0.310 e. The molecule has 304 valence electrons. The zero-order valence-electron chi connectivity index (χ0n) is 35.8. The lowest BCUT2D eigenvalue weighted by atomic mass is 9.67. The summed E-state index contributed by atoms with van der Waals surface area (Å²) in [6.45, 7) is 0. The summed E-state index contributed by atoms with van der Waals surface area (Å²) in [5.74, 6) is 0.119. The van der Waals surface area contributed by atoms with Gasteiger partial charge in [0.1, 0.15) is 0 Å². The molecule has 0 N–H and O–H groups in total. The van der Waals surface area contributed by atoms with Gasteiger partial charge in [-0.3, -0.25) is 0 Å². The molecular weight excluding hydrogens is 783 g/mol. The summed E-state index contributed by atoms with van der Waals surface area (Å²) in [5.41, 5.74) is 19.7.